The third-order valence-corrected chi connectivity index (χ3v) is 3.15. The van der Waals surface area contributed by atoms with Gasteiger partial charge in [0, 0.05) is 16.4 Å². The molecule has 0 aliphatic carbocycles. The van der Waals surface area contributed by atoms with E-state index in [-0.39, 0.29) is 0 Å². The zero-order valence-electron chi connectivity index (χ0n) is 8.42. The van der Waals surface area contributed by atoms with Crippen LogP contribution in [-0.2, 0) is 6.54 Å². The number of H-pyrrole nitrogens is 1. The number of aromatic nitrogens is 2. The Hall–Kier alpha value is -1.29. The van der Waals surface area contributed by atoms with Crippen LogP contribution in [0.1, 0.15) is 11.3 Å². The molecule has 0 saturated carbocycles. The summed E-state index contributed by atoms with van der Waals surface area (Å²) < 4.78 is 1.12. The zero-order valence-corrected chi connectivity index (χ0v) is 10.0. The maximum Gasteiger partial charge on any atom is 0.0567 e. The average Bonchev–Trinajstić information content (AvgIpc) is 2.73. The first-order chi connectivity index (χ1) is 7.27. The predicted molar refractivity (Wildman–Crippen MR) is 64.8 cm³/mol. The van der Waals surface area contributed by atoms with Gasteiger partial charge in [0.2, 0.25) is 0 Å². The molecule has 0 fully saturated rings. The Morgan fingerprint density at radius 2 is 2.27 bits per heavy atom. The Kier molecular flexibility index (Phi) is 3.06. The van der Waals surface area contributed by atoms with Gasteiger partial charge in [0.15, 0.2) is 0 Å². The molecule has 2 rings (SSSR count). The number of aromatic amines is 1. The van der Waals surface area contributed by atoms with E-state index in [0.717, 1.165) is 22.4 Å². The van der Waals surface area contributed by atoms with E-state index in [2.05, 4.69) is 44.4 Å². The second-order valence-corrected chi connectivity index (χ2v) is 4.20. The standard InChI is InChI=1S/C11H12BrN3/c1-8-10(12)3-2-4-11(8)13-7-9-5-6-14-15-9/h2-6,13H,7H2,1H3,(H,14,15). The number of nitrogens with zero attached hydrogens (tertiary/aromatic N) is 1. The van der Waals surface area contributed by atoms with Crippen LogP contribution in [0.3, 0.4) is 0 Å². The molecule has 0 saturated heterocycles. The Morgan fingerprint density at radius 3 is 3.00 bits per heavy atom. The molecule has 0 radical (unpaired) electrons. The van der Waals surface area contributed by atoms with E-state index in [1.807, 2.05) is 18.2 Å². The maximum atomic E-state index is 3.90. The molecule has 2 N–H and O–H groups in total. The van der Waals surface area contributed by atoms with E-state index in [9.17, 15) is 0 Å². The average molecular weight is 266 g/mol. The van der Waals surface area contributed by atoms with Crippen LogP contribution in [-0.4, -0.2) is 10.2 Å². The molecule has 0 spiro atoms. The molecule has 0 unspecified atom stereocenters. The smallest absolute Gasteiger partial charge is 0.0567 e. The van der Waals surface area contributed by atoms with Crippen LogP contribution in [0.4, 0.5) is 5.69 Å². The molecule has 2 aromatic rings. The van der Waals surface area contributed by atoms with E-state index in [4.69, 9.17) is 0 Å². The van der Waals surface area contributed by atoms with Crippen molar-refractivity contribution in [2.75, 3.05) is 5.32 Å². The van der Waals surface area contributed by atoms with Crippen LogP contribution in [0, 0.1) is 6.92 Å². The first-order valence-electron chi connectivity index (χ1n) is 4.74. The Balaban J connectivity index is 2.08. The summed E-state index contributed by atoms with van der Waals surface area (Å²) in [6.45, 7) is 2.84. The van der Waals surface area contributed by atoms with Gasteiger partial charge in [-0.2, -0.15) is 5.10 Å². The van der Waals surface area contributed by atoms with Crippen LogP contribution < -0.4 is 5.32 Å². The molecule has 0 atom stereocenters. The van der Waals surface area contributed by atoms with Gasteiger partial charge in [-0.15, -0.1) is 0 Å². The van der Waals surface area contributed by atoms with Crippen LogP contribution in [0.15, 0.2) is 34.9 Å². The van der Waals surface area contributed by atoms with Gasteiger partial charge in [-0.25, -0.2) is 0 Å². The van der Waals surface area contributed by atoms with Crippen molar-refractivity contribution >= 4 is 21.6 Å². The van der Waals surface area contributed by atoms with Crippen molar-refractivity contribution in [3.05, 3.63) is 46.2 Å². The Morgan fingerprint density at radius 1 is 1.40 bits per heavy atom. The number of nitrogens with one attached hydrogen (secondary N) is 2. The normalized spacial score (nSPS) is 10.3. The molecule has 0 bridgehead atoms. The molecule has 1 aromatic heterocycles. The summed E-state index contributed by atoms with van der Waals surface area (Å²) in [5.41, 5.74) is 3.44. The Bertz CT molecular complexity index is 437. The van der Waals surface area contributed by atoms with Crippen molar-refractivity contribution in [3.8, 4) is 0 Å². The van der Waals surface area contributed by atoms with Gasteiger partial charge in [0.25, 0.3) is 0 Å². The van der Waals surface area contributed by atoms with Gasteiger partial charge in [-0.3, -0.25) is 5.10 Å². The van der Waals surface area contributed by atoms with Gasteiger partial charge >= 0.3 is 0 Å². The number of anilines is 1. The van der Waals surface area contributed by atoms with Crippen LogP contribution in [0.25, 0.3) is 0 Å². The summed E-state index contributed by atoms with van der Waals surface area (Å²) in [7, 11) is 0. The topological polar surface area (TPSA) is 40.7 Å². The molecule has 0 aliphatic rings. The fourth-order valence-corrected chi connectivity index (χ4v) is 1.74. The molecule has 1 aromatic carbocycles. The number of hydrogen-bond acceptors (Lipinski definition) is 2. The number of rotatable bonds is 3. The van der Waals surface area contributed by atoms with Crippen molar-refractivity contribution in [2.45, 2.75) is 13.5 Å². The monoisotopic (exact) mass is 265 g/mol. The molecule has 4 heteroatoms. The lowest BCUT2D eigenvalue weighted by atomic mass is 10.2. The van der Waals surface area contributed by atoms with Gasteiger partial charge < -0.3 is 5.32 Å². The van der Waals surface area contributed by atoms with Crippen LogP contribution >= 0.6 is 15.9 Å². The summed E-state index contributed by atoms with van der Waals surface area (Å²) in [4.78, 5) is 0. The maximum absolute atomic E-state index is 3.90. The third-order valence-electron chi connectivity index (χ3n) is 2.30. The molecule has 1 heterocycles. The molecule has 0 amide bonds. The minimum atomic E-state index is 0.761. The summed E-state index contributed by atoms with van der Waals surface area (Å²) in [6, 6.07) is 8.08. The van der Waals surface area contributed by atoms with Crippen molar-refractivity contribution in [3.63, 3.8) is 0 Å². The molecule has 15 heavy (non-hydrogen) atoms. The number of benzene rings is 1. The summed E-state index contributed by atoms with van der Waals surface area (Å²) in [6.07, 6.45) is 1.75. The fourth-order valence-electron chi connectivity index (χ4n) is 1.37. The van der Waals surface area contributed by atoms with E-state index < -0.39 is 0 Å². The quantitative estimate of drug-likeness (QED) is 0.896. The van der Waals surface area contributed by atoms with Crippen LogP contribution in [0.2, 0.25) is 0 Å². The van der Waals surface area contributed by atoms with Gasteiger partial charge in [0.05, 0.1) is 12.2 Å². The first-order valence-corrected chi connectivity index (χ1v) is 5.54. The highest BCUT2D eigenvalue weighted by Crippen LogP contribution is 2.23. The van der Waals surface area contributed by atoms with Crippen molar-refractivity contribution in [2.24, 2.45) is 0 Å². The molecular weight excluding hydrogens is 254 g/mol. The summed E-state index contributed by atoms with van der Waals surface area (Å²) in [5.74, 6) is 0. The minimum Gasteiger partial charge on any atom is -0.379 e. The SMILES string of the molecule is Cc1c(Br)cccc1NCc1ccn[nH]1. The molecule has 3 nitrogen and oxygen atoms in total. The lowest BCUT2D eigenvalue weighted by molar-refractivity contribution is 0.980. The zero-order chi connectivity index (χ0) is 10.7. The van der Waals surface area contributed by atoms with E-state index in [0.29, 0.717) is 0 Å². The van der Waals surface area contributed by atoms with Crippen molar-refractivity contribution < 1.29 is 0 Å². The second kappa shape index (κ2) is 4.49. The summed E-state index contributed by atoms with van der Waals surface area (Å²) >= 11 is 3.50. The minimum absolute atomic E-state index is 0.761. The highest BCUT2D eigenvalue weighted by atomic mass is 79.9. The lowest BCUT2D eigenvalue weighted by Gasteiger charge is -2.09. The predicted octanol–water partition coefficient (Wildman–Crippen LogP) is 3.09. The highest BCUT2D eigenvalue weighted by Gasteiger charge is 2.01. The Labute approximate surface area is 97.0 Å². The first kappa shape index (κ1) is 10.2. The molecule has 0 aliphatic heterocycles. The van der Waals surface area contributed by atoms with Crippen molar-refractivity contribution in [1.29, 1.82) is 0 Å². The summed E-state index contributed by atoms with van der Waals surface area (Å²) in [5, 5.41) is 10.2. The van der Waals surface area contributed by atoms with Gasteiger partial charge in [-0.05, 0) is 30.7 Å². The van der Waals surface area contributed by atoms with E-state index in [1.165, 1.54) is 5.56 Å². The van der Waals surface area contributed by atoms with E-state index in [1.54, 1.807) is 6.20 Å². The molecular formula is C11H12BrN3. The van der Waals surface area contributed by atoms with Gasteiger partial charge in [-0.1, -0.05) is 22.0 Å². The van der Waals surface area contributed by atoms with E-state index >= 15 is 0 Å². The molecule has 78 valence electrons. The lowest BCUT2D eigenvalue weighted by Crippen LogP contribution is -2.01. The highest BCUT2D eigenvalue weighted by molar-refractivity contribution is 9.10. The van der Waals surface area contributed by atoms with Crippen LogP contribution in [0.5, 0.6) is 0 Å². The number of hydrogen-bond donors (Lipinski definition) is 2. The fraction of sp³-hybridized carbons (Fsp3) is 0.182. The van der Waals surface area contributed by atoms with Crippen molar-refractivity contribution in [1.82, 2.24) is 10.2 Å². The number of halogens is 1. The largest absolute Gasteiger partial charge is 0.379 e. The second-order valence-electron chi connectivity index (χ2n) is 3.35. The third kappa shape index (κ3) is 2.39. The van der Waals surface area contributed by atoms with Gasteiger partial charge in [0.1, 0.15) is 0 Å².